The third-order valence-electron chi connectivity index (χ3n) is 17.9. The summed E-state index contributed by atoms with van der Waals surface area (Å²) >= 11 is 0. The van der Waals surface area contributed by atoms with Crippen LogP contribution in [0.15, 0.2) is 210 Å². The summed E-state index contributed by atoms with van der Waals surface area (Å²) in [5.41, 5.74) is 14.2. The van der Waals surface area contributed by atoms with E-state index in [0.29, 0.717) is 5.92 Å². The topological polar surface area (TPSA) is 19.6 Å². The van der Waals surface area contributed by atoms with Gasteiger partial charge in [0.2, 0.25) is 0 Å². The van der Waals surface area contributed by atoms with Crippen LogP contribution in [0.1, 0.15) is 126 Å². The molecule has 1 unspecified atom stereocenters. The van der Waals surface area contributed by atoms with Crippen molar-refractivity contribution in [2.24, 2.45) is 16.7 Å². The molecule has 0 saturated carbocycles. The summed E-state index contributed by atoms with van der Waals surface area (Å²) in [5, 5.41) is 17.1. The lowest BCUT2D eigenvalue weighted by molar-refractivity contribution is 0.283. The smallest absolute Gasteiger partial charge is 0.136 e. The molecule has 0 radical (unpaired) electrons. The molecule has 0 fully saturated rings. The summed E-state index contributed by atoms with van der Waals surface area (Å²) < 4.78 is 7.10. The van der Waals surface area contributed by atoms with Crippen molar-refractivity contribution in [3.63, 3.8) is 0 Å². The Bertz CT molecular complexity index is 4590. The molecule has 0 saturated heterocycles. The molecule has 0 N–H and O–H groups in total. The second kappa shape index (κ2) is 19.2. The Morgan fingerprint density at radius 2 is 0.866 bits per heavy atom. The monoisotopic (exact) mass is 1070 g/mol. The van der Waals surface area contributed by atoms with Crippen molar-refractivity contribution in [2.75, 3.05) is 9.80 Å². The fourth-order valence-electron chi connectivity index (χ4n) is 13.0. The van der Waals surface area contributed by atoms with Crippen molar-refractivity contribution >= 4 is 115 Å². The molecular weight excluding hydrogens is 993 g/mol. The molecule has 1 aliphatic rings. The van der Waals surface area contributed by atoms with Crippen LogP contribution < -0.4 is 9.80 Å². The van der Waals surface area contributed by atoms with Crippen LogP contribution in [0.25, 0.3) is 86.6 Å². The van der Waals surface area contributed by atoms with Crippen LogP contribution in [0.2, 0.25) is 0 Å². The van der Waals surface area contributed by atoms with Crippen LogP contribution >= 0.6 is 0 Å². The lowest BCUT2D eigenvalue weighted by Gasteiger charge is -2.40. The fraction of sp³-hybridized carbons (Fsp3) is 0.266. The van der Waals surface area contributed by atoms with E-state index >= 15 is 0 Å². The molecule has 1 atom stereocenters. The van der Waals surface area contributed by atoms with Crippen molar-refractivity contribution in [2.45, 2.75) is 120 Å². The van der Waals surface area contributed by atoms with Crippen molar-refractivity contribution in [3.8, 4) is 0 Å². The molecule has 13 rings (SSSR count). The fourth-order valence-corrected chi connectivity index (χ4v) is 13.0. The molecule has 82 heavy (non-hydrogen) atoms. The Kier molecular flexibility index (Phi) is 12.5. The van der Waals surface area contributed by atoms with Gasteiger partial charge in [0.05, 0.1) is 0 Å². The van der Waals surface area contributed by atoms with Gasteiger partial charge >= 0.3 is 0 Å². The minimum absolute atomic E-state index is 0.0203. The average molecular weight is 1070 g/mol. The van der Waals surface area contributed by atoms with Crippen LogP contribution in [0.5, 0.6) is 0 Å². The first kappa shape index (κ1) is 53.2. The van der Waals surface area contributed by atoms with E-state index in [-0.39, 0.29) is 27.6 Å². The number of furan rings is 1. The van der Waals surface area contributed by atoms with Crippen molar-refractivity contribution in [3.05, 3.63) is 222 Å². The Hall–Kier alpha value is -8.14. The van der Waals surface area contributed by atoms with Crippen LogP contribution in [0.3, 0.4) is 0 Å². The van der Waals surface area contributed by atoms with Gasteiger partial charge in [0.25, 0.3) is 0 Å². The number of hydrogen-bond donors (Lipinski definition) is 0. The molecule has 0 aliphatic heterocycles. The second-order valence-corrected chi connectivity index (χ2v) is 28.2. The van der Waals surface area contributed by atoms with Crippen molar-refractivity contribution in [1.29, 1.82) is 0 Å². The second-order valence-electron chi connectivity index (χ2n) is 28.2. The number of benzene rings is 11. The summed E-state index contributed by atoms with van der Waals surface area (Å²) in [4.78, 5) is 5.08. The predicted molar refractivity (Wildman–Crippen MR) is 357 cm³/mol. The Balaban J connectivity index is 0.975. The molecule has 410 valence electrons. The van der Waals surface area contributed by atoms with E-state index < -0.39 is 0 Å². The Morgan fingerprint density at radius 3 is 1.43 bits per heavy atom. The normalized spacial score (nSPS) is 14.8. The first-order valence-electron chi connectivity index (χ1n) is 29.8. The van der Waals surface area contributed by atoms with Gasteiger partial charge in [0.1, 0.15) is 11.2 Å². The van der Waals surface area contributed by atoms with E-state index in [2.05, 4.69) is 301 Å². The summed E-state index contributed by atoms with van der Waals surface area (Å²) in [6.07, 6.45) is 6.01. The van der Waals surface area contributed by atoms with E-state index in [1.807, 2.05) is 0 Å². The van der Waals surface area contributed by atoms with Crippen LogP contribution in [-0.4, -0.2) is 0 Å². The number of hydrogen-bond acceptors (Lipinski definition) is 3. The van der Waals surface area contributed by atoms with Gasteiger partial charge in [0, 0.05) is 44.9 Å². The summed E-state index contributed by atoms with van der Waals surface area (Å²) in [6, 6.07) is 69.0. The summed E-state index contributed by atoms with van der Waals surface area (Å²) in [5.74, 6) is 0.573. The predicted octanol–water partition coefficient (Wildman–Crippen LogP) is 23.8. The zero-order valence-corrected chi connectivity index (χ0v) is 50.6. The zero-order chi connectivity index (χ0) is 57.4. The van der Waals surface area contributed by atoms with E-state index in [1.54, 1.807) is 0 Å². The summed E-state index contributed by atoms with van der Waals surface area (Å²) in [7, 11) is 0. The number of anilines is 5. The molecule has 1 aromatic heterocycles. The van der Waals surface area contributed by atoms with Gasteiger partial charge in [-0.05, 0) is 212 Å². The third-order valence-corrected chi connectivity index (χ3v) is 17.9. The van der Waals surface area contributed by atoms with Crippen molar-refractivity contribution < 1.29 is 4.42 Å². The van der Waals surface area contributed by atoms with Gasteiger partial charge in [0.15, 0.2) is 0 Å². The molecule has 12 aromatic rings. The summed E-state index contributed by atoms with van der Waals surface area (Å²) in [6.45, 7) is 32.9. The number of fused-ring (bicyclic) bond motifs is 11. The Morgan fingerprint density at radius 1 is 0.390 bits per heavy atom. The quantitative estimate of drug-likeness (QED) is 0.148. The first-order valence-corrected chi connectivity index (χ1v) is 29.8. The standard InChI is InChI=1S/C79H78N2O/c1-48(2)75-69-47-74-71(39-54(69)28-34-72(75)81(64-45-58(78(9,10)11)42-59(46-64)79(12,13)14)62-31-33-68-53(36-62)26-24-50-20-16-18-22-66(50)68)70-38-51-27-29-60(37-55(51)40-73(70)82-74)80(63-43-56(76(3,4)5)41-57(44-63)77(6,7)8)61-30-32-67-52(35-61)25-23-49-19-15-17-21-65(49)67/h15-45,47-48,59H,46H2,1-14H3. The lowest BCUT2D eigenvalue weighted by Crippen LogP contribution is -2.29. The van der Waals surface area contributed by atoms with E-state index in [0.717, 1.165) is 50.8 Å². The number of rotatable bonds is 7. The van der Waals surface area contributed by atoms with Gasteiger partial charge in [-0.25, -0.2) is 0 Å². The Labute approximate surface area is 485 Å². The highest BCUT2D eigenvalue weighted by molar-refractivity contribution is 6.15. The van der Waals surface area contributed by atoms with Gasteiger partial charge in [-0.2, -0.15) is 0 Å². The van der Waals surface area contributed by atoms with E-state index in [4.69, 9.17) is 4.42 Å². The number of nitrogens with zero attached hydrogens (tertiary/aromatic N) is 2. The van der Waals surface area contributed by atoms with Gasteiger partial charge < -0.3 is 14.2 Å². The maximum atomic E-state index is 7.10. The van der Waals surface area contributed by atoms with Crippen LogP contribution in [0.4, 0.5) is 28.4 Å². The van der Waals surface area contributed by atoms with E-state index in [9.17, 15) is 0 Å². The minimum Gasteiger partial charge on any atom is -0.456 e. The first-order chi connectivity index (χ1) is 38.9. The molecule has 3 nitrogen and oxygen atoms in total. The highest BCUT2D eigenvalue weighted by atomic mass is 16.3. The average Bonchev–Trinajstić information content (AvgIpc) is 2.63. The minimum atomic E-state index is -0.0499. The van der Waals surface area contributed by atoms with Crippen LogP contribution in [-0.2, 0) is 10.8 Å². The van der Waals surface area contributed by atoms with Crippen molar-refractivity contribution in [1.82, 2.24) is 0 Å². The molecular formula is C79H78N2O. The van der Waals surface area contributed by atoms with Gasteiger partial charge in [-0.1, -0.05) is 206 Å². The maximum Gasteiger partial charge on any atom is 0.136 e. The number of allylic oxidation sites excluding steroid dienone is 4. The molecule has 0 amide bonds. The van der Waals surface area contributed by atoms with Crippen LogP contribution in [0, 0.1) is 16.7 Å². The molecule has 1 heterocycles. The SMILES string of the molecule is CC(C)c1c(N(C2=CC(C(C)(C)C)=CC(C(C)(C)C)C2)c2ccc3c(ccc4ccccc43)c2)ccc2cc3c(cc12)oc1cc2cc(N(c4cc(C(C)(C)C)cc(C(C)(C)C)c4)c4ccc5c(ccc6ccccc65)c4)ccc2cc13. The third kappa shape index (κ3) is 9.41. The zero-order valence-electron chi connectivity index (χ0n) is 50.6. The largest absolute Gasteiger partial charge is 0.456 e. The molecule has 0 bridgehead atoms. The lowest BCUT2D eigenvalue weighted by atomic mass is 9.71. The molecule has 11 aromatic carbocycles. The molecule has 1 aliphatic carbocycles. The molecule has 0 spiro atoms. The molecule has 3 heteroatoms. The highest BCUT2D eigenvalue weighted by Gasteiger charge is 2.34. The highest BCUT2D eigenvalue weighted by Crippen LogP contribution is 2.50. The maximum absolute atomic E-state index is 7.10. The van der Waals surface area contributed by atoms with E-state index in [1.165, 1.54) is 98.6 Å². The van der Waals surface area contributed by atoms with Gasteiger partial charge in [-0.15, -0.1) is 0 Å². The van der Waals surface area contributed by atoms with Gasteiger partial charge in [-0.3, -0.25) is 0 Å².